The maximum absolute atomic E-state index is 13.3. The Morgan fingerprint density at radius 2 is 2.13 bits per heavy atom. The molecule has 9 nitrogen and oxygen atoms in total. The fraction of sp³-hybridized carbons (Fsp3) is 0.154. The normalized spacial score (nSPS) is 12.1. The number of rotatable bonds is 5. The lowest BCUT2D eigenvalue weighted by molar-refractivity contribution is -0.121. The van der Waals surface area contributed by atoms with E-state index in [1.54, 1.807) is 6.07 Å². The van der Waals surface area contributed by atoms with Crippen LogP contribution in [0.25, 0.3) is 0 Å². The van der Waals surface area contributed by atoms with Crippen molar-refractivity contribution in [3.8, 4) is 0 Å². The van der Waals surface area contributed by atoms with Gasteiger partial charge >= 0.3 is 5.69 Å². The van der Waals surface area contributed by atoms with E-state index in [1.165, 1.54) is 25.1 Å². The Bertz CT molecular complexity index is 844. The van der Waals surface area contributed by atoms with Crippen molar-refractivity contribution in [2.75, 3.05) is 5.32 Å². The van der Waals surface area contributed by atoms with E-state index in [1.807, 2.05) is 10.1 Å². The number of aromatic nitrogens is 3. The lowest BCUT2D eigenvalue weighted by atomic mass is 10.2. The first-order valence-corrected chi connectivity index (χ1v) is 6.50. The zero-order valence-electron chi connectivity index (χ0n) is 12.0. The van der Waals surface area contributed by atoms with Gasteiger partial charge in [0.2, 0.25) is 5.82 Å². The Balaban J connectivity index is 1.96. The van der Waals surface area contributed by atoms with Crippen LogP contribution in [0.1, 0.15) is 12.5 Å². The summed E-state index contributed by atoms with van der Waals surface area (Å²) in [6, 6.07) is 5.06. The summed E-state index contributed by atoms with van der Waals surface area (Å²) in [5.41, 5.74) is 0.895. The van der Waals surface area contributed by atoms with E-state index >= 15 is 0 Å². The summed E-state index contributed by atoms with van der Waals surface area (Å²) in [5.74, 6) is -1.27. The molecule has 1 aromatic carbocycles. The summed E-state index contributed by atoms with van der Waals surface area (Å²) in [4.78, 5) is 36.0. The van der Waals surface area contributed by atoms with Crippen molar-refractivity contribution in [3.63, 3.8) is 0 Å². The molecule has 0 aliphatic heterocycles. The fourth-order valence-electron chi connectivity index (χ4n) is 1.56. The zero-order valence-corrected chi connectivity index (χ0v) is 12.0. The number of carbonyl (C=O) groups excluding carboxylic acids is 1. The van der Waals surface area contributed by atoms with Gasteiger partial charge in [-0.15, -0.1) is 5.10 Å². The fourth-order valence-corrected chi connectivity index (χ4v) is 1.56. The molecule has 0 radical (unpaired) electrons. The number of benzene rings is 1. The first-order valence-electron chi connectivity index (χ1n) is 6.50. The summed E-state index contributed by atoms with van der Waals surface area (Å²) >= 11 is 0. The molecule has 2 aromatic rings. The molecule has 120 valence electrons. The predicted octanol–water partition coefficient (Wildman–Crippen LogP) is -0.452. The van der Waals surface area contributed by atoms with E-state index in [0.717, 1.165) is 6.21 Å². The Morgan fingerprint density at radius 3 is 2.83 bits per heavy atom. The van der Waals surface area contributed by atoms with Gasteiger partial charge in [0.1, 0.15) is 11.9 Å². The summed E-state index contributed by atoms with van der Waals surface area (Å²) in [7, 11) is 0. The minimum atomic E-state index is -0.868. The molecule has 0 fully saturated rings. The Morgan fingerprint density at radius 1 is 1.39 bits per heavy atom. The predicted molar refractivity (Wildman–Crippen MR) is 80.7 cm³/mol. The number of nitrogens with zero attached hydrogens (tertiary/aromatic N) is 2. The van der Waals surface area contributed by atoms with Crippen molar-refractivity contribution in [1.82, 2.24) is 20.6 Å². The standard InChI is InChI=1S/C13H13FN6O3/c1-7(16-10-12(22)17-13(23)20-18-10)11(21)19-15-6-8-4-2-3-5-9(8)14/h2-7H,1H3,(H,16,18)(H,19,21)(H2,17,20,22,23)/b15-6-/t7-/m0/s1. The van der Waals surface area contributed by atoms with Crippen molar-refractivity contribution in [1.29, 1.82) is 0 Å². The van der Waals surface area contributed by atoms with Crippen LogP contribution in [-0.2, 0) is 4.79 Å². The minimum Gasteiger partial charge on any atom is -0.353 e. The quantitative estimate of drug-likeness (QED) is 0.437. The number of hydrogen-bond acceptors (Lipinski definition) is 6. The monoisotopic (exact) mass is 320 g/mol. The molecule has 1 amide bonds. The molecule has 0 unspecified atom stereocenters. The first-order chi connectivity index (χ1) is 11.0. The summed E-state index contributed by atoms with van der Waals surface area (Å²) in [6.07, 6.45) is 1.16. The average Bonchev–Trinajstić information content (AvgIpc) is 2.51. The molecule has 4 N–H and O–H groups in total. The van der Waals surface area contributed by atoms with Crippen molar-refractivity contribution < 1.29 is 9.18 Å². The van der Waals surface area contributed by atoms with Crippen LogP contribution in [0.5, 0.6) is 0 Å². The van der Waals surface area contributed by atoms with E-state index in [4.69, 9.17) is 0 Å². The van der Waals surface area contributed by atoms with Gasteiger partial charge in [-0.25, -0.2) is 19.7 Å². The highest BCUT2D eigenvalue weighted by molar-refractivity contribution is 5.86. The molecule has 23 heavy (non-hydrogen) atoms. The number of amides is 1. The molecule has 1 atom stereocenters. The van der Waals surface area contributed by atoms with Gasteiger partial charge < -0.3 is 5.32 Å². The second-order valence-electron chi connectivity index (χ2n) is 4.48. The molecule has 0 aliphatic rings. The van der Waals surface area contributed by atoms with Crippen LogP contribution in [0.15, 0.2) is 39.0 Å². The molecular formula is C13H13FN6O3. The van der Waals surface area contributed by atoms with Crippen LogP contribution < -0.4 is 22.0 Å². The summed E-state index contributed by atoms with van der Waals surface area (Å²) < 4.78 is 13.3. The number of carbonyl (C=O) groups is 1. The van der Waals surface area contributed by atoms with Gasteiger partial charge in [0, 0.05) is 5.56 Å². The molecule has 2 rings (SSSR count). The Hall–Kier alpha value is -3.30. The van der Waals surface area contributed by atoms with Crippen LogP contribution in [0.2, 0.25) is 0 Å². The molecule has 10 heteroatoms. The molecule has 1 aromatic heterocycles. The number of hydrogen-bond donors (Lipinski definition) is 4. The topological polar surface area (TPSA) is 132 Å². The van der Waals surface area contributed by atoms with Crippen molar-refractivity contribution in [2.45, 2.75) is 13.0 Å². The number of halogens is 1. The molecule has 0 spiro atoms. The van der Waals surface area contributed by atoms with Gasteiger partial charge in [0.05, 0.1) is 6.21 Å². The van der Waals surface area contributed by atoms with Crippen LogP contribution in [-0.4, -0.2) is 33.3 Å². The number of hydrazone groups is 1. The second kappa shape index (κ2) is 7.11. The number of H-pyrrole nitrogens is 2. The van der Waals surface area contributed by atoms with Crippen molar-refractivity contribution in [2.24, 2.45) is 5.10 Å². The summed E-state index contributed by atoms with van der Waals surface area (Å²) in [6.45, 7) is 1.46. The third kappa shape index (κ3) is 4.33. The SMILES string of the molecule is C[C@H](Nc1n[nH]c(=O)[nH]c1=O)C(=O)N/N=C\c1ccccc1F. The Labute approximate surface area is 128 Å². The average molecular weight is 320 g/mol. The van der Waals surface area contributed by atoms with Gasteiger partial charge in [-0.1, -0.05) is 18.2 Å². The van der Waals surface area contributed by atoms with Gasteiger partial charge in [-0.05, 0) is 13.0 Å². The van der Waals surface area contributed by atoms with Gasteiger partial charge in [-0.3, -0.25) is 14.6 Å². The van der Waals surface area contributed by atoms with Crippen LogP contribution in [0.4, 0.5) is 10.2 Å². The zero-order chi connectivity index (χ0) is 16.8. The molecule has 0 saturated carbocycles. The van der Waals surface area contributed by atoms with Crippen molar-refractivity contribution >= 4 is 17.9 Å². The summed E-state index contributed by atoms with van der Waals surface area (Å²) in [5, 5.41) is 11.7. The third-order valence-electron chi connectivity index (χ3n) is 2.74. The molecular weight excluding hydrogens is 307 g/mol. The lowest BCUT2D eigenvalue weighted by Crippen LogP contribution is -2.38. The number of aromatic amines is 2. The van der Waals surface area contributed by atoms with E-state index in [0.29, 0.717) is 0 Å². The lowest BCUT2D eigenvalue weighted by Gasteiger charge is -2.11. The van der Waals surface area contributed by atoms with Gasteiger partial charge in [0.15, 0.2) is 0 Å². The van der Waals surface area contributed by atoms with E-state index in [-0.39, 0.29) is 11.4 Å². The first kappa shape index (κ1) is 16.1. The molecule has 0 aliphatic carbocycles. The highest BCUT2D eigenvalue weighted by Crippen LogP contribution is 2.02. The third-order valence-corrected chi connectivity index (χ3v) is 2.74. The van der Waals surface area contributed by atoms with Crippen molar-refractivity contribution in [3.05, 3.63) is 56.5 Å². The minimum absolute atomic E-state index is 0.215. The van der Waals surface area contributed by atoms with Gasteiger partial charge in [-0.2, -0.15) is 5.10 Å². The van der Waals surface area contributed by atoms with Crippen LogP contribution in [0.3, 0.4) is 0 Å². The largest absolute Gasteiger partial charge is 0.353 e. The smallest absolute Gasteiger partial charge is 0.342 e. The highest BCUT2D eigenvalue weighted by Gasteiger charge is 2.14. The number of anilines is 1. The van der Waals surface area contributed by atoms with E-state index in [9.17, 15) is 18.8 Å². The maximum Gasteiger partial charge on any atom is 0.342 e. The van der Waals surface area contributed by atoms with Crippen LogP contribution in [0, 0.1) is 5.82 Å². The maximum atomic E-state index is 13.3. The number of nitrogens with one attached hydrogen (secondary N) is 4. The highest BCUT2D eigenvalue weighted by atomic mass is 19.1. The van der Waals surface area contributed by atoms with Gasteiger partial charge in [0.25, 0.3) is 11.5 Å². The van der Waals surface area contributed by atoms with Crippen LogP contribution >= 0.6 is 0 Å². The molecule has 0 saturated heterocycles. The molecule has 1 heterocycles. The Kier molecular flexibility index (Phi) is 4.97. The molecule has 0 bridgehead atoms. The van der Waals surface area contributed by atoms with E-state index in [2.05, 4.69) is 20.9 Å². The second-order valence-corrected chi connectivity index (χ2v) is 4.48. The van der Waals surface area contributed by atoms with E-state index < -0.39 is 29.0 Å².